The van der Waals surface area contributed by atoms with Crippen LogP contribution in [0.25, 0.3) is 11.3 Å². The van der Waals surface area contributed by atoms with E-state index in [2.05, 4.69) is 9.97 Å². The minimum absolute atomic E-state index is 0.140. The lowest BCUT2D eigenvalue weighted by Crippen LogP contribution is -1.99. The largest absolute Gasteiger partial charge is 0.478 e. The Morgan fingerprint density at radius 2 is 2.06 bits per heavy atom. The summed E-state index contributed by atoms with van der Waals surface area (Å²) in [6, 6.07) is 3.50. The molecular formula is C12H8ClFN2O2. The number of halogens is 2. The average molecular weight is 267 g/mol. The zero-order valence-electron chi connectivity index (χ0n) is 9.32. The summed E-state index contributed by atoms with van der Waals surface area (Å²) < 4.78 is 13.4. The molecule has 1 aromatic carbocycles. The molecular weight excluding hydrogens is 259 g/mol. The fourth-order valence-corrected chi connectivity index (χ4v) is 1.70. The van der Waals surface area contributed by atoms with Gasteiger partial charge in [0.2, 0.25) is 0 Å². The minimum atomic E-state index is -1.20. The molecule has 2 aromatic rings. The van der Waals surface area contributed by atoms with Gasteiger partial charge < -0.3 is 5.11 Å². The molecule has 0 amide bonds. The lowest BCUT2D eigenvalue weighted by molar-refractivity contribution is 0.0696. The summed E-state index contributed by atoms with van der Waals surface area (Å²) >= 11 is 5.84. The fraction of sp³-hybridized carbons (Fsp3) is 0.0833. The Morgan fingerprint density at radius 1 is 1.33 bits per heavy atom. The lowest BCUT2D eigenvalue weighted by atomic mass is 10.0. The van der Waals surface area contributed by atoms with Gasteiger partial charge >= 0.3 is 5.97 Å². The molecule has 18 heavy (non-hydrogen) atoms. The van der Waals surface area contributed by atoms with Crippen LogP contribution >= 0.6 is 11.6 Å². The van der Waals surface area contributed by atoms with E-state index in [0.29, 0.717) is 16.8 Å². The molecule has 0 aliphatic rings. The van der Waals surface area contributed by atoms with Gasteiger partial charge in [0.05, 0.1) is 11.3 Å². The second-order valence-corrected chi connectivity index (χ2v) is 4.03. The van der Waals surface area contributed by atoms with E-state index in [1.165, 1.54) is 18.5 Å². The summed E-state index contributed by atoms with van der Waals surface area (Å²) in [5, 5.41) is 9.13. The number of aromatic carboxylic acids is 1. The lowest BCUT2D eigenvalue weighted by Gasteiger charge is -2.07. The highest BCUT2D eigenvalue weighted by atomic mass is 35.5. The molecule has 2 rings (SSSR count). The van der Waals surface area contributed by atoms with E-state index in [-0.39, 0.29) is 10.7 Å². The van der Waals surface area contributed by atoms with Crippen molar-refractivity contribution in [3.05, 3.63) is 46.6 Å². The second kappa shape index (κ2) is 4.70. The van der Waals surface area contributed by atoms with E-state index in [4.69, 9.17) is 16.7 Å². The SMILES string of the molecule is Cc1c(Cl)ncnc1-c1cc(F)cc(C(=O)O)c1. The number of benzene rings is 1. The molecule has 1 heterocycles. The first-order chi connectivity index (χ1) is 8.49. The Balaban J connectivity index is 2.64. The molecule has 6 heteroatoms. The van der Waals surface area contributed by atoms with Gasteiger partial charge in [0.1, 0.15) is 17.3 Å². The molecule has 0 aliphatic heterocycles. The zero-order chi connectivity index (χ0) is 13.3. The summed E-state index contributed by atoms with van der Waals surface area (Å²) in [5.41, 5.74) is 1.20. The molecule has 1 aromatic heterocycles. The van der Waals surface area contributed by atoms with E-state index in [0.717, 1.165) is 6.07 Å². The number of hydrogen-bond acceptors (Lipinski definition) is 3. The maximum Gasteiger partial charge on any atom is 0.335 e. The topological polar surface area (TPSA) is 63.1 Å². The zero-order valence-corrected chi connectivity index (χ0v) is 10.1. The van der Waals surface area contributed by atoms with Crippen molar-refractivity contribution >= 4 is 17.6 Å². The van der Waals surface area contributed by atoms with Crippen LogP contribution < -0.4 is 0 Å². The van der Waals surface area contributed by atoms with Gasteiger partial charge in [-0.15, -0.1) is 0 Å². The van der Waals surface area contributed by atoms with Crippen molar-refractivity contribution in [2.75, 3.05) is 0 Å². The fourth-order valence-electron chi connectivity index (χ4n) is 1.57. The highest BCUT2D eigenvalue weighted by Gasteiger charge is 2.12. The summed E-state index contributed by atoms with van der Waals surface area (Å²) in [5.74, 6) is -1.84. The number of nitrogens with zero attached hydrogens (tertiary/aromatic N) is 2. The summed E-state index contributed by atoms with van der Waals surface area (Å²) in [7, 11) is 0. The Kier molecular flexibility index (Phi) is 3.25. The highest BCUT2D eigenvalue weighted by Crippen LogP contribution is 2.26. The van der Waals surface area contributed by atoms with Crippen LogP contribution in [0.1, 0.15) is 15.9 Å². The number of aromatic nitrogens is 2. The van der Waals surface area contributed by atoms with Gasteiger partial charge in [0, 0.05) is 11.1 Å². The van der Waals surface area contributed by atoms with Gasteiger partial charge in [0.15, 0.2) is 0 Å². The number of carbonyl (C=O) groups is 1. The van der Waals surface area contributed by atoms with Crippen LogP contribution in [-0.4, -0.2) is 21.0 Å². The maximum atomic E-state index is 13.4. The summed E-state index contributed by atoms with van der Waals surface area (Å²) in [6.45, 7) is 1.68. The van der Waals surface area contributed by atoms with Crippen LogP contribution in [0, 0.1) is 12.7 Å². The minimum Gasteiger partial charge on any atom is -0.478 e. The first-order valence-corrected chi connectivity index (χ1v) is 5.38. The van der Waals surface area contributed by atoms with Gasteiger partial charge in [-0.1, -0.05) is 11.6 Å². The Hall–Kier alpha value is -2.01. The normalized spacial score (nSPS) is 10.4. The standard InChI is InChI=1S/C12H8ClFN2O2/c1-6-10(15-5-16-11(6)13)7-2-8(12(17)18)4-9(14)3-7/h2-5H,1H3,(H,17,18). The summed E-state index contributed by atoms with van der Waals surface area (Å²) in [4.78, 5) is 18.6. The van der Waals surface area contributed by atoms with Crippen LogP contribution in [0.5, 0.6) is 0 Å². The van der Waals surface area contributed by atoms with Crippen molar-refractivity contribution in [3.8, 4) is 11.3 Å². The molecule has 0 unspecified atom stereocenters. The molecule has 0 bridgehead atoms. The predicted molar refractivity (Wildman–Crippen MR) is 64.1 cm³/mol. The van der Waals surface area contributed by atoms with Crippen LogP contribution in [0.15, 0.2) is 24.5 Å². The molecule has 0 fully saturated rings. The van der Waals surface area contributed by atoms with Crippen molar-refractivity contribution < 1.29 is 14.3 Å². The van der Waals surface area contributed by atoms with E-state index in [1.54, 1.807) is 6.92 Å². The van der Waals surface area contributed by atoms with Gasteiger partial charge in [-0.25, -0.2) is 19.2 Å². The van der Waals surface area contributed by atoms with Gasteiger partial charge in [-0.2, -0.15) is 0 Å². The van der Waals surface area contributed by atoms with Crippen molar-refractivity contribution in [1.29, 1.82) is 0 Å². The third-order valence-electron chi connectivity index (χ3n) is 2.44. The van der Waals surface area contributed by atoms with Gasteiger partial charge in [0.25, 0.3) is 0 Å². The highest BCUT2D eigenvalue weighted by molar-refractivity contribution is 6.30. The number of carboxylic acid groups (broad SMARTS) is 1. The maximum absolute atomic E-state index is 13.4. The third-order valence-corrected chi connectivity index (χ3v) is 2.82. The third kappa shape index (κ3) is 2.31. The Bertz CT molecular complexity index is 631. The van der Waals surface area contributed by atoms with E-state index < -0.39 is 11.8 Å². The van der Waals surface area contributed by atoms with Crippen LogP contribution in [0.3, 0.4) is 0 Å². The molecule has 0 saturated heterocycles. The van der Waals surface area contributed by atoms with Crippen LogP contribution in [0.4, 0.5) is 4.39 Å². The number of carboxylic acids is 1. The smallest absolute Gasteiger partial charge is 0.335 e. The van der Waals surface area contributed by atoms with E-state index in [9.17, 15) is 9.18 Å². The molecule has 0 atom stereocenters. The molecule has 0 saturated carbocycles. The van der Waals surface area contributed by atoms with Crippen LogP contribution in [-0.2, 0) is 0 Å². The molecule has 0 spiro atoms. The second-order valence-electron chi connectivity index (χ2n) is 3.67. The van der Waals surface area contributed by atoms with Crippen molar-refractivity contribution in [1.82, 2.24) is 9.97 Å². The van der Waals surface area contributed by atoms with Crippen molar-refractivity contribution in [2.24, 2.45) is 0 Å². The van der Waals surface area contributed by atoms with Crippen molar-refractivity contribution in [2.45, 2.75) is 6.92 Å². The van der Waals surface area contributed by atoms with Crippen molar-refractivity contribution in [3.63, 3.8) is 0 Å². The monoisotopic (exact) mass is 266 g/mol. The van der Waals surface area contributed by atoms with Crippen LogP contribution in [0.2, 0.25) is 5.15 Å². The van der Waals surface area contributed by atoms with Gasteiger partial charge in [-0.05, 0) is 25.1 Å². The molecule has 4 nitrogen and oxygen atoms in total. The van der Waals surface area contributed by atoms with Gasteiger partial charge in [-0.3, -0.25) is 0 Å². The Morgan fingerprint density at radius 3 is 2.72 bits per heavy atom. The first kappa shape index (κ1) is 12.4. The number of rotatable bonds is 2. The molecule has 0 radical (unpaired) electrons. The quantitative estimate of drug-likeness (QED) is 0.849. The van der Waals surface area contributed by atoms with E-state index in [1.807, 2.05) is 0 Å². The summed E-state index contributed by atoms with van der Waals surface area (Å²) in [6.07, 6.45) is 1.25. The first-order valence-electron chi connectivity index (χ1n) is 5.00. The molecule has 92 valence electrons. The van der Waals surface area contributed by atoms with E-state index >= 15 is 0 Å². The average Bonchev–Trinajstić information content (AvgIpc) is 2.31. The Labute approximate surface area is 107 Å². The molecule has 0 aliphatic carbocycles. The predicted octanol–water partition coefficient (Wildman–Crippen LogP) is 2.94. The number of hydrogen-bond donors (Lipinski definition) is 1. The molecule has 1 N–H and O–H groups in total.